The summed E-state index contributed by atoms with van der Waals surface area (Å²) in [6, 6.07) is -3.30. The maximum Gasteiger partial charge on any atom is 0.255 e. The molecular weight excluding hydrogens is 406 g/mol. The molecule has 0 amide bonds. The smallest absolute Gasteiger partial charge is 0.255 e. The number of pyridine rings is 1. The first-order chi connectivity index (χ1) is 18.4. The van der Waals surface area contributed by atoms with E-state index in [4.69, 9.17) is 15.1 Å². The van der Waals surface area contributed by atoms with Crippen LogP contribution in [0.25, 0.3) is 11.0 Å². The zero-order valence-electron chi connectivity index (χ0n) is 27.1. The average molecular weight is 447 g/mol. The van der Waals surface area contributed by atoms with Gasteiger partial charge in [0.1, 0.15) is 5.65 Å². The first-order valence-electron chi connectivity index (χ1n) is 14.7. The van der Waals surface area contributed by atoms with E-state index in [0.29, 0.717) is 4.31 Å². The number of hydrogen-bond donors (Lipinski definition) is 2. The Bertz CT molecular complexity index is 1520. The van der Waals surface area contributed by atoms with Gasteiger partial charge >= 0.3 is 0 Å². The maximum atomic E-state index is 13.5. The number of nitrogens with zero attached hydrogens (tertiary/aromatic N) is 4. The molecule has 164 valence electrons. The van der Waals surface area contributed by atoms with Crippen LogP contribution in [-0.4, -0.2) is 63.3 Å². The summed E-state index contributed by atoms with van der Waals surface area (Å²) in [6.07, 6.45) is -3.90. The lowest BCUT2D eigenvalue weighted by molar-refractivity contribution is 0.0266. The normalized spacial score (nSPS) is 37.0. The van der Waals surface area contributed by atoms with E-state index in [1.54, 1.807) is 0 Å². The number of aliphatic hydroxyl groups is 1. The van der Waals surface area contributed by atoms with Crippen LogP contribution in [0.1, 0.15) is 65.5 Å². The van der Waals surface area contributed by atoms with E-state index in [2.05, 4.69) is 15.3 Å². The zero-order valence-corrected chi connectivity index (χ0v) is 17.0. The van der Waals surface area contributed by atoms with Gasteiger partial charge in [0.15, 0.2) is 0 Å². The summed E-state index contributed by atoms with van der Waals surface area (Å²) in [4.78, 5) is 21.7. The highest BCUT2D eigenvalue weighted by molar-refractivity contribution is 7.88. The molecule has 0 bridgehead atoms. The Morgan fingerprint density at radius 1 is 1.43 bits per heavy atom. The van der Waals surface area contributed by atoms with Gasteiger partial charge in [-0.15, -0.1) is 0 Å². The minimum Gasteiger partial charge on any atom is -0.388 e. The minimum absolute atomic E-state index is 0.0179. The van der Waals surface area contributed by atoms with Gasteiger partial charge in [0.25, 0.3) is 5.56 Å². The summed E-state index contributed by atoms with van der Waals surface area (Å²) in [5, 5.41) is 13.5. The SMILES string of the molecule is [2H]C([2H])([2H])c1cc2cnc(NC3([2H])C([2H])([2H])CN(S(C)(=O)=O)CC3([2H])[2H])nc2n([C@@H]2CCC[C@]2(O)C([2H])([2H])[2H])c1=O. The number of rotatable bonds is 4. The van der Waals surface area contributed by atoms with Crippen molar-refractivity contribution in [3.05, 3.63) is 28.2 Å². The molecule has 2 fully saturated rings. The quantitative estimate of drug-likeness (QED) is 0.729. The monoisotopic (exact) mass is 446 g/mol. The molecule has 10 heteroatoms. The predicted octanol–water partition coefficient (Wildman–Crippen LogP) is 1.41. The molecule has 1 aliphatic carbocycles. The third kappa shape index (κ3) is 3.95. The number of aryl methyl sites for hydroxylation is 1. The van der Waals surface area contributed by atoms with Gasteiger partial charge in [0.05, 0.1) is 19.3 Å². The molecule has 1 aliphatic heterocycles. The first-order valence-corrected chi connectivity index (χ1v) is 11.1. The highest BCUT2D eigenvalue weighted by Gasteiger charge is 2.39. The number of aromatic nitrogens is 3. The minimum atomic E-state index is -4.02. The first kappa shape index (κ1) is 11.5. The second-order valence-electron chi connectivity index (χ2n) is 7.42. The number of piperidine rings is 1. The van der Waals surface area contributed by atoms with Crippen molar-refractivity contribution in [2.45, 2.75) is 63.4 Å². The van der Waals surface area contributed by atoms with Gasteiger partial charge in [-0.05, 0) is 51.8 Å². The molecule has 3 heterocycles. The highest BCUT2D eigenvalue weighted by atomic mass is 32.2. The molecule has 4 rings (SSSR count). The summed E-state index contributed by atoms with van der Waals surface area (Å²) in [5.74, 6) is -0.571. The van der Waals surface area contributed by atoms with Crippen molar-refractivity contribution in [2.24, 2.45) is 0 Å². The summed E-state index contributed by atoms with van der Waals surface area (Å²) < 4.78 is 115. The lowest BCUT2D eigenvalue weighted by atomic mass is 9.99. The standard InChI is InChI=1S/C20H29N5O4S/c1-13-11-14-12-21-19(22-15-6-9-24(10-7-15)30(3,28)29)23-17(14)25(18(13)26)16-5-4-8-20(16,2)27/h11-12,15-16,27H,4-10H2,1-3H3,(H,21,22,23)/t16-,20-/m1/s1/i1D3,2D3,6D2,7D2,15D. The Kier molecular flexibility index (Phi) is 2.92. The van der Waals surface area contributed by atoms with Crippen LogP contribution in [0.5, 0.6) is 0 Å². The van der Waals surface area contributed by atoms with E-state index >= 15 is 0 Å². The third-order valence-corrected chi connectivity index (χ3v) is 6.44. The fourth-order valence-electron chi connectivity index (χ4n) is 3.67. The van der Waals surface area contributed by atoms with Crippen LogP contribution in [0.2, 0.25) is 0 Å². The van der Waals surface area contributed by atoms with Gasteiger partial charge in [-0.25, -0.2) is 17.7 Å². The average Bonchev–Trinajstić information content (AvgIpc) is 3.18. The topological polar surface area (TPSA) is 117 Å². The van der Waals surface area contributed by atoms with Crippen LogP contribution in [0.3, 0.4) is 0 Å². The molecule has 2 aromatic rings. The summed E-state index contributed by atoms with van der Waals surface area (Å²) in [5.41, 5.74) is -4.55. The molecule has 2 aliphatic rings. The second kappa shape index (κ2) is 7.58. The number of anilines is 1. The van der Waals surface area contributed by atoms with Crippen LogP contribution in [0, 0.1) is 6.85 Å². The molecule has 2 N–H and O–H groups in total. The van der Waals surface area contributed by atoms with E-state index in [9.17, 15) is 18.3 Å². The van der Waals surface area contributed by atoms with Crippen LogP contribution in [0.4, 0.5) is 5.95 Å². The van der Waals surface area contributed by atoms with Crippen LogP contribution in [0.15, 0.2) is 17.1 Å². The van der Waals surface area contributed by atoms with Gasteiger partial charge in [-0.3, -0.25) is 9.36 Å². The van der Waals surface area contributed by atoms with E-state index in [1.165, 1.54) is 0 Å². The fraction of sp³-hybridized carbons (Fsp3) is 0.650. The van der Waals surface area contributed by atoms with Gasteiger partial charge in [-0.2, -0.15) is 4.98 Å². The molecule has 9 nitrogen and oxygen atoms in total. The van der Waals surface area contributed by atoms with Crippen LogP contribution in [-0.2, 0) is 10.0 Å². The van der Waals surface area contributed by atoms with Crippen LogP contribution >= 0.6 is 0 Å². The van der Waals surface area contributed by atoms with Gasteiger partial charge in [0.2, 0.25) is 16.0 Å². The molecule has 0 spiro atoms. The summed E-state index contributed by atoms with van der Waals surface area (Å²) >= 11 is 0. The van der Waals surface area contributed by atoms with Crippen molar-refractivity contribution in [3.8, 4) is 0 Å². The fourth-order valence-corrected chi connectivity index (χ4v) is 4.27. The molecule has 0 radical (unpaired) electrons. The Morgan fingerprint density at radius 3 is 2.87 bits per heavy atom. The molecule has 0 aromatic carbocycles. The Hall–Kier alpha value is -2.04. The zero-order chi connectivity index (χ0) is 31.2. The van der Waals surface area contributed by atoms with E-state index in [1.807, 2.05) is 0 Å². The second-order valence-corrected chi connectivity index (χ2v) is 9.41. The van der Waals surface area contributed by atoms with Gasteiger partial charge < -0.3 is 10.4 Å². The number of fused-ring (bicyclic) bond motifs is 1. The Morgan fingerprint density at radius 2 is 2.20 bits per heavy atom. The van der Waals surface area contributed by atoms with Crippen LogP contribution < -0.4 is 10.9 Å². The van der Waals surface area contributed by atoms with E-state index < -0.39 is 84.3 Å². The third-order valence-electron chi connectivity index (χ3n) is 5.24. The van der Waals surface area contributed by atoms with E-state index in [0.717, 1.165) is 23.1 Å². The molecular formula is C20H29N5O4S. The molecule has 2 atom stereocenters. The molecule has 1 saturated carbocycles. The highest BCUT2D eigenvalue weighted by Crippen LogP contribution is 2.39. The lowest BCUT2D eigenvalue weighted by Gasteiger charge is -2.31. The van der Waals surface area contributed by atoms with Crippen molar-refractivity contribution in [3.63, 3.8) is 0 Å². The summed E-state index contributed by atoms with van der Waals surface area (Å²) in [7, 11) is -4.02. The number of hydrogen-bond acceptors (Lipinski definition) is 7. The molecule has 30 heavy (non-hydrogen) atoms. The molecule has 0 unspecified atom stereocenters. The van der Waals surface area contributed by atoms with Crippen molar-refractivity contribution in [1.29, 1.82) is 0 Å². The van der Waals surface area contributed by atoms with Crippen molar-refractivity contribution in [1.82, 2.24) is 18.8 Å². The predicted molar refractivity (Wildman–Crippen MR) is 115 cm³/mol. The number of nitrogens with one attached hydrogen (secondary N) is 1. The number of sulfonamides is 1. The summed E-state index contributed by atoms with van der Waals surface area (Å²) in [6.45, 7) is -7.62. The van der Waals surface area contributed by atoms with Crippen molar-refractivity contribution >= 4 is 27.0 Å². The van der Waals surface area contributed by atoms with Gasteiger partial charge in [-0.1, -0.05) is 0 Å². The van der Waals surface area contributed by atoms with E-state index in [-0.39, 0.29) is 30.3 Å². The van der Waals surface area contributed by atoms with Crippen molar-refractivity contribution in [2.75, 3.05) is 24.7 Å². The largest absolute Gasteiger partial charge is 0.388 e. The Labute approximate surface area is 191 Å². The lowest BCUT2D eigenvalue weighted by Crippen LogP contribution is -2.42. The van der Waals surface area contributed by atoms with Gasteiger partial charge in [0, 0.05) is 50.0 Å². The Balaban J connectivity index is 1.92. The molecule has 2 aromatic heterocycles. The van der Waals surface area contributed by atoms with Crippen molar-refractivity contribution < 1.29 is 28.6 Å². The maximum absolute atomic E-state index is 13.5. The molecule has 1 saturated heterocycles.